The topological polar surface area (TPSA) is 21.3 Å². The molecule has 0 spiro atoms. The van der Waals surface area contributed by atoms with Crippen molar-refractivity contribution in [3.05, 3.63) is 0 Å². The van der Waals surface area contributed by atoms with Gasteiger partial charge in [-0.15, -0.1) is 0 Å². The summed E-state index contributed by atoms with van der Waals surface area (Å²) in [7, 11) is 0. The molecule has 0 radical (unpaired) electrons. The van der Waals surface area contributed by atoms with E-state index < -0.39 is 0 Å². The average Bonchev–Trinajstić information content (AvgIpc) is 2.01. The van der Waals surface area contributed by atoms with Crippen LogP contribution in [0.5, 0.6) is 0 Å². The van der Waals surface area contributed by atoms with E-state index in [1.54, 1.807) is 0 Å². The zero-order valence-electron chi connectivity index (χ0n) is 9.39. The molecule has 1 saturated heterocycles. The quantitative estimate of drug-likeness (QED) is 0.712. The number of ether oxygens (including phenoxy) is 1. The van der Waals surface area contributed by atoms with Crippen LogP contribution in [0.15, 0.2) is 0 Å². The zero-order chi connectivity index (χ0) is 9.90. The Kier molecular flexibility index (Phi) is 3.74. The van der Waals surface area contributed by atoms with Crippen molar-refractivity contribution in [2.75, 3.05) is 13.2 Å². The highest BCUT2D eigenvalue weighted by Crippen LogP contribution is 2.20. The Morgan fingerprint density at radius 3 is 2.62 bits per heavy atom. The Balaban J connectivity index is 2.27. The van der Waals surface area contributed by atoms with Crippen LogP contribution in [0.1, 0.15) is 40.5 Å². The van der Waals surface area contributed by atoms with E-state index in [-0.39, 0.29) is 5.54 Å². The van der Waals surface area contributed by atoms with Gasteiger partial charge in [0.15, 0.2) is 0 Å². The van der Waals surface area contributed by atoms with Crippen LogP contribution in [0, 0.1) is 5.92 Å². The molecule has 2 nitrogen and oxygen atoms in total. The Morgan fingerprint density at radius 2 is 2.08 bits per heavy atom. The van der Waals surface area contributed by atoms with Crippen molar-refractivity contribution in [3.63, 3.8) is 0 Å². The van der Waals surface area contributed by atoms with Crippen LogP contribution in [0.4, 0.5) is 0 Å². The number of hydrogen-bond donors (Lipinski definition) is 1. The van der Waals surface area contributed by atoms with Gasteiger partial charge in [0.2, 0.25) is 0 Å². The molecule has 1 aliphatic heterocycles. The summed E-state index contributed by atoms with van der Waals surface area (Å²) in [6.45, 7) is 10.9. The van der Waals surface area contributed by atoms with Gasteiger partial charge in [0, 0.05) is 18.7 Å². The van der Waals surface area contributed by atoms with Crippen molar-refractivity contribution in [1.82, 2.24) is 5.32 Å². The van der Waals surface area contributed by atoms with Crippen LogP contribution in [0.2, 0.25) is 0 Å². The summed E-state index contributed by atoms with van der Waals surface area (Å²) in [6.07, 6.45) is 2.97. The van der Waals surface area contributed by atoms with Gasteiger partial charge in [0.1, 0.15) is 0 Å². The fourth-order valence-corrected chi connectivity index (χ4v) is 1.69. The second-order valence-electron chi connectivity index (χ2n) is 5.11. The molecule has 0 bridgehead atoms. The lowest BCUT2D eigenvalue weighted by Crippen LogP contribution is -2.43. The van der Waals surface area contributed by atoms with Gasteiger partial charge in [-0.05, 0) is 46.5 Å². The molecule has 1 rings (SSSR count). The normalized spacial score (nSPS) is 30.5. The van der Waals surface area contributed by atoms with Crippen molar-refractivity contribution in [1.29, 1.82) is 0 Å². The van der Waals surface area contributed by atoms with E-state index in [1.165, 1.54) is 12.8 Å². The van der Waals surface area contributed by atoms with E-state index in [1.807, 2.05) is 0 Å². The minimum atomic E-state index is 0.233. The summed E-state index contributed by atoms with van der Waals surface area (Å²) in [5.41, 5.74) is 0.233. The summed E-state index contributed by atoms with van der Waals surface area (Å²) in [5, 5.41) is 3.54. The zero-order valence-corrected chi connectivity index (χ0v) is 9.39. The van der Waals surface area contributed by atoms with Gasteiger partial charge in [-0.1, -0.05) is 0 Å². The van der Waals surface area contributed by atoms with Crippen LogP contribution in [-0.2, 0) is 4.74 Å². The molecule has 1 fully saturated rings. The maximum atomic E-state index is 5.62. The van der Waals surface area contributed by atoms with E-state index in [9.17, 15) is 0 Å². The van der Waals surface area contributed by atoms with E-state index in [0.717, 1.165) is 13.2 Å². The average molecular weight is 185 g/mol. The summed E-state index contributed by atoms with van der Waals surface area (Å²) in [5.74, 6) is 0.702. The van der Waals surface area contributed by atoms with Crippen LogP contribution in [0.3, 0.4) is 0 Å². The van der Waals surface area contributed by atoms with Crippen LogP contribution in [0.25, 0.3) is 0 Å². The first-order valence-corrected chi connectivity index (χ1v) is 5.36. The minimum Gasteiger partial charge on any atom is -0.378 e. The molecule has 0 saturated carbocycles. The van der Waals surface area contributed by atoms with Crippen molar-refractivity contribution in [2.45, 2.75) is 52.2 Å². The predicted octanol–water partition coefficient (Wildman–Crippen LogP) is 2.19. The molecule has 13 heavy (non-hydrogen) atoms. The van der Waals surface area contributed by atoms with Crippen LogP contribution in [-0.4, -0.2) is 24.8 Å². The van der Waals surface area contributed by atoms with Crippen molar-refractivity contribution >= 4 is 0 Å². The smallest absolute Gasteiger partial charge is 0.0587 e. The summed E-state index contributed by atoms with van der Waals surface area (Å²) in [4.78, 5) is 0. The van der Waals surface area contributed by atoms with Gasteiger partial charge >= 0.3 is 0 Å². The summed E-state index contributed by atoms with van der Waals surface area (Å²) < 4.78 is 5.62. The first-order chi connectivity index (χ1) is 5.99. The molecule has 1 N–H and O–H groups in total. The Bertz CT molecular complexity index is 151. The molecule has 1 heterocycles. The third-order valence-electron chi connectivity index (χ3n) is 2.66. The Hall–Kier alpha value is -0.0800. The molecule has 0 aromatic heterocycles. The maximum Gasteiger partial charge on any atom is 0.0587 e. The van der Waals surface area contributed by atoms with Crippen molar-refractivity contribution in [2.24, 2.45) is 5.92 Å². The minimum absolute atomic E-state index is 0.233. The molecule has 2 unspecified atom stereocenters. The summed E-state index contributed by atoms with van der Waals surface area (Å²) in [6, 6.07) is 0. The molecule has 1 aliphatic rings. The van der Waals surface area contributed by atoms with Crippen LogP contribution < -0.4 is 5.32 Å². The lowest BCUT2D eigenvalue weighted by Gasteiger charge is -2.32. The fraction of sp³-hybridized carbons (Fsp3) is 1.00. The van der Waals surface area contributed by atoms with Gasteiger partial charge in [-0.2, -0.15) is 0 Å². The second-order valence-corrected chi connectivity index (χ2v) is 5.11. The van der Waals surface area contributed by atoms with E-state index in [4.69, 9.17) is 4.74 Å². The van der Waals surface area contributed by atoms with E-state index >= 15 is 0 Å². The van der Waals surface area contributed by atoms with Gasteiger partial charge in [0.25, 0.3) is 0 Å². The highest BCUT2D eigenvalue weighted by Gasteiger charge is 2.23. The van der Waals surface area contributed by atoms with E-state index in [2.05, 4.69) is 33.0 Å². The maximum absolute atomic E-state index is 5.62. The van der Waals surface area contributed by atoms with Gasteiger partial charge in [0.05, 0.1) is 6.10 Å². The largest absolute Gasteiger partial charge is 0.378 e. The molecule has 0 aromatic carbocycles. The van der Waals surface area contributed by atoms with E-state index in [0.29, 0.717) is 12.0 Å². The van der Waals surface area contributed by atoms with Gasteiger partial charge in [-0.3, -0.25) is 0 Å². The van der Waals surface area contributed by atoms with Crippen LogP contribution >= 0.6 is 0 Å². The molecular weight excluding hydrogens is 162 g/mol. The number of nitrogens with one attached hydrogen (secondary N) is 1. The first kappa shape index (κ1) is 11.0. The number of rotatable bonds is 2. The molecule has 0 aliphatic carbocycles. The lowest BCUT2D eigenvalue weighted by molar-refractivity contribution is -0.0153. The van der Waals surface area contributed by atoms with Crippen molar-refractivity contribution in [3.8, 4) is 0 Å². The number of hydrogen-bond acceptors (Lipinski definition) is 2. The standard InChI is InChI=1S/C11H23NO/c1-9-10(6-5-7-13-9)8-12-11(2,3)4/h9-10,12H,5-8H2,1-4H3. The molecule has 2 heteroatoms. The monoisotopic (exact) mass is 185 g/mol. The Labute approximate surface area is 82.0 Å². The summed E-state index contributed by atoms with van der Waals surface area (Å²) >= 11 is 0. The molecule has 0 aromatic rings. The molecular formula is C11H23NO. The highest BCUT2D eigenvalue weighted by atomic mass is 16.5. The van der Waals surface area contributed by atoms with Gasteiger partial charge < -0.3 is 10.1 Å². The second kappa shape index (κ2) is 4.43. The first-order valence-electron chi connectivity index (χ1n) is 5.36. The lowest BCUT2D eigenvalue weighted by atomic mass is 9.94. The Morgan fingerprint density at radius 1 is 1.38 bits per heavy atom. The third-order valence-corrected chi connectivity index (χ3v) is 2.66. The van der Waals surface area contributed by atoms with Gasteiger partial charge in [-0.25, -0.2) is 0 Å². The molecule has 0 amide bonds. The predicted molar refractivity (Wildman–Crippen MR) is 55.9 cm³/mol. The molecule has 2 atom stereocenters. The SMILES string of the molecule is CC1OCCCC1CNC(C)(C)C. The fourth-order valence-electron chi connectivity index (χ4n) is 1.69. The highest BCUT2D eigenvalue weighted by molar-refractivity contribution is 4.78. The van der Waals surface area contributed by atoms with Crippen molar-refractivity contribution < 1.29 is 4.74 Å². The molecule has 78 valence electrons. The third kappa shape index (κ3) is 4.10.